The van der Waals surface area contributed by atoms with Crippen LogP contribution >= 0.6 is 12.4 Å². The van der Waals surface area contributed by atoms with Crippen molar-refractivity contribution in [3.63, 3.8) is 0 Å². The van der Waals surface area contributed by atoms with E-state index in [1.807, 2.05) is 42.2 Å². The molecule has 2 unspecified atom stereocenters. The van der Waals surface area contributed by atoms with Gasteiger partial charge in [-0.2, -0.15) is 4.98 Å². The summed E-state index contributed by atoms with van der Waals surface area (Å²) in [6, 6.07) is 9.63. The Morgan fingerprint density at radius 2 is 2.12 bits per heavy atom. The molecule has 1 aliphatic heterocycles. The molecule has 2 atom stereocenters. The monoisotopic (exact) mass is 364 g/mol. The van der Waals surface area contributed by atoms with E-state index in [9.17, 15) is 4.79 Å². The molecule has 7 heteroatoms. The van der Waals surface area contributed by atoms with Gasteiger partial charge in [-0.3, -0.25) is 4.79 Å². The third-order valence-electron chi connectivity index (χ3n) is 4.40. The van der Waals surface area contributed by atoms with Crippen molar-refractivity contribution in [3.05, 3.63) is 36.2 Å². The predicted octanol–water partition coefficient (Wildman–Crippen LogP) is 3.34. The van der Waals surface area contributed by atoms with E-state index in [1.165, 1.54) is 0 Å². The molecule has 0 aliphatic carbocycles. The first-order valence-corrected chi connectivity index (χ1v) is 8.59. The summed E-state index contributed by atoms with van der Waals surface area (Å²) in [6.07, 6.45) is 4.10. The minimum atomic E-state index is -0.121. The molecule has 2 N–H and O–H groups in total. The number of halogens is 1. The number of nitrogens with zero attached hydrogens (tertiary/aromatic N) is 3. The Balaban J connectivity index is 0.00000225. The highest BCUT2D eigenvalue weighted by Crippen LogP contribution is 2.31. The zero-order valence-corrected chi connectivity index (χ0v) is 15.2. The molecule has 6 nitrogen and oxygen atoms in total. The topological polar surface area (TPSA) is 85.3 Å². The Bertz CT molecular complexity index is 675. The molecule has 0 spiro atoms. The lowest BCUT2D eigenvalue weighted by Gasteiger charge is -2.33. The van der Waals surface area contributed by atoms with Crippen molar-refractivity contribution < 1.29 is 9.32 Å². The summed E-state index contributed by atoms with van der Waals surface area (Å²) in [6.45, 7) is 2.66. The van der Waals surface area contributed by atoms with Crippen LogP contribution in [0, 0.1) is 0 Å². The van der Waals surface area contributed by atoms with E-state index in [-0.39, 0.29) is 30.4 Å². The Kier molecular flexibility index (Phi) is 6.96. The Morgan fingerprint density at radius 3 is 2.84 bits per heavy atom. The van der Waals surface area contributed by atoms with Gasteiger partial charge >= 0.3 is 0 Å². The van der Waals surface area contributed by atoms with Gasteiger partial charge in [0.2, 0.25) is 17.6 Å². The third-order valence-corrected chi connectivity index (χ3v) is 4.40. The van der Waals surface area contributed by atoms with E-state index in [0.29, 0.717) is 24.6 Å². The molecule has 2 heterocycles. The number of hydrogen-bond donors (Lipinski definition) is 1. The number of nitrogens with two attached hydrogens (primary N) is 1. The van der Waals surface area contributed by atoms with Crippen LogP contribution in [0.2, 0.25) is 0 Å². The van der Waals surface area contributed by atoms with Gasteiger partial charge in [-0.25, -0.2) is 0 Å². The lowest BCUT2D eigenvalue weighted by molar-refractivity contribution is -0.135. The third kappa shape index (κ3) is 4.80. The summed E-state index contributed by atoms with van der Waals surface area (Å²) >= 11 is 0. The zero-order valence-electron chi connectivity index (χ0n) is 14.4. The van der Waals surface area contributed by atoms with Crippen molar-refractivity contribution in [2.24, 2.45) is 5.73 Å². The number of benzene rings is 1. The Morgan fingerprint density at radius 1 is 1.36 bits per heavy atom. The van der Waals surface area contributed by atoms with Crippen molar-refractivity contribution in [2.75, 3.05) is 6.54 Å². The van der Waals surface area contributed by atoms with Crippen molar-refractivity contribution in [1.82, 2.24) is 15.0 Å². The standard InChI is InChI=1S/C18H24N4O2.ClH/c1-13(19)10-11-16(23)22-12-6-5-9-15(22)18-20-17(21-24-18)14-7-3-2-4-8-14;/h2-4,7-8,13,15H,5-6,9-12,19H2,1H3;1H. The van der Waals surface area contributed by atoms with E-state index >= 15 is 0 Å². The maximum atomic E-state index is 12.5. The number of piperidine rings is 1. The van der Waals surface area contributed by atoms with E-state index < -0.39 is 0 Å². The van der Waals surface area contributed by atoms with Gasteiger partial charge in [-0.05, 0) is 32.6 Å². The molecular weight excluding hydrogens is 340 g/mol. The highest BCUT2D eigenvalue weighted by molar-refractivity contribution is 5.85. The SMILES string of the molecule is CC(N)CCC(=O)N1CCCCC1c1nc(-c2ccccc2)no1.Cl. The minimum absolute atomic E-state index is 0. The summed E-state index contributed by atoms with van der Waals surface area (Å²) in [5.74, 6) is 1.22. The van der Waals surface area contributed by atoms with Crippen LogP contribution in [0.25, 0.3) is 11.4 Å². The summed E-state index contributed by atoms with van der Waals surface area (Å²) < 4.78 is 5.48. The fraction of sp³-hybridized carbons (Fsp3) is 0.500. The molecule has 1 aromatic heterocycles. The first kappa shape index (κ1) is 19.4. The van der Waals surface area contributed by atoms with E-state index in [2.05, 4.69) is 10.1 Å². The molecule has 1 saturated heterocycles. The summed E-state index contributed by atoms with van der Waals surface area (Å²) in [5, 5.41) is 4.09. The molecule has 1 aromatic carbocycles. The highest BCUT2D eigenvalue weighted by atomic mass is 35.5. The number of hydrogen-bond acceptors (Lipinski definition) is 5. The van der Waals surface area contributed by atoms with Gasteiger partial charge in [-0.15, -0.1) is 12.4 Å². The minimum Gasteiger partial charge on any atom is -0.337 e. The number of carbonyl (C=O) groups is 1. The maximum Gasteiger partial charge on any atom is 0.249 e. The number of amides is 1. The number of rotatable bonds is 5. The fourth-order valence-corrected chi connectivity index (χ4v) is 3.06. The van der Waals surface area contributed by atoms with Crippen molar-refractivity contribution >= 4 is 18.3 Å². The Hall–Kier alpha value is -1.92. The number of carbonyl (C=O) groups excluding carboxylic acids is 1. The molecular formula is C18H25ClN4O2. The molecule has 0 saturated carbocycles. The molecule has 1 amide bonds. The van der Waals surface area contributed by atoms with E-state index in [4.69, 9.17) is 10.3 Å². The van der Waals surface area contributed by atoms with E-state index in [0.717, 1.165) is 31.4 Å². The average molecular weight is 365 g/mol. The van der Waals surface area contributed by atoms with Crippen LogP contribution in [0.3, 0.4) is 0 Å². The van der Waals surface area contributed by atoms with Crippen LogP contribution in [-0.4, -0.2) is 33.5 Å². The second kappa shape index (κ2) is 8.97. The lowest BCUT2D eigenvalue weighted by atomic mass is 10.0. The van der Waals surface area contributed by atoms with Crippen LogP contribution in [0.15, 0.2) is 34.9 Å². The molecule has 1 fully saturated rings. The number of aromatic nitrogens is 2. The van der Waals surface area contributed by atoms with Crippen LogP contribution in [-0.2, 0) is 4.79 Å². The maximum absolute atomic E-state index is 12.5. The fourth-order valence-electron chi connectivity index (χ4n) is 3.06. The molecule has 136 valence electrons. The van der Waals surface area contributed by atoms with Gasteiger partial charge in [0.05, 0.1) is 0 Å². The predicted molar refractivity (Wildman–Crippen MR) is 98.2 cm³/mol. The average Bonchev–Trinajstić information content (AvgIpc) is 3.10. The van der Waals surface area contributed by atoms with Crippen LogP contribution in [0.1, 0.15) is 51.0 Å². The largest absolute Gasteiger partial charge is 0.337 e. The van der Waals surface area contributed by atoms with Crippen molar-refractivity contribution in [2.45, 2.75) is 51.1 Å². The second-order valence-electron chi connectivity index (χ2n) is 6.44. The first-order valence-electron chi connectivity index (χ1n) is 8.59. The van der Waals surface area contributed by atoms with Crippen molar-refractivity contribution in [3.8, 4) is 11.4 Å². The molecule has 2 aromatic rings. The summed E-state index contributed by atoms with van der Waals surface area (Å²) in [4.78, 5) is 19.0. The second-order valence-corrected chi connectivity index (χ2v) is 6.44. The quantitative estimate of drug-likeness (QED) is 0.879. The summed E-state index contributed by atoms with van der Waals surface area (Å²) in [7, 11) is 0. The smallest absolute Gasteiger partial charge is 0.249 e. The molecule has 1 aliphatic rings. The normalized spacial score (nSPS) is 18.5. The van der Waals surface area contributed by atoms with Gasteiger partial charge in [0.1, 0.15) is 6.04 Å². The van der Waals surface area contributed by atoms with Crippen molar-refractivity contribution in [1.29, 1.82) is 0 Å². The molecule has 0 bridgehead atoms. The van der Waals surface area contributed by atoms with Crippen LogP contribution in [0.5, 0.6) is 0 Å². The molecule has 0 radical (unpaired) electrons. The van der Waals surface area contributed by atoms with Gasteiger partial charge in [0.15, 0.2) is 0 Å². The molecule has 25 heavy (non-hydrogen) atoms. The Labute approximate surface area is 154 Å². The van der Waals surface area contributed by atoms with E-state index in [1.54, 1.807) is 0 Å². The zero-order chi connectivity index (χ0) is 16.9. The van der Waals surface area contributed by atoms with Crippen LogP contribution < -0.4 is 5.73 Å². The van der Waals surface area contributed by atoms with Crippen LogP contribution in [0.4, 0.5) is 0 Å². The molecule has 3 rings (SSSR count). The highest BCUT2D eigenvalue weighted by Gasteiger charge is 2.32. The summed E-state index contributed by atoms with van der Waals surface area (Å²) in [5.41, 5.74) is 6.69. The van der Waals surface area contributed by atoms with Gasteiger partial charge in [-0.1, -0.05) is 35.5 Å². The van der Waals surface area contributed by atoms with Gasteiger partial charge < -0.3 is 15.2 Å². The first-order chi connectivity index (χ1) is 11.6. The van der Waals surface area contributed by atoms with Gasteiger partial charge in [0, 0.05) is 24.6 Å². The number of likely N-dealkylation sites (tertiary alicyclic amines) is 1. The van der Waals surface area contributed by atoms with Gasteiger partial charge in [0.25, 0.3) is 0 Å². The lowest BCUT2D eigenvalue weighted by Crippen LogP contribution is -2.39.